The van der Waals surface area contributed by atoms with Crippen LogP contribution >= 0.6 is 24.0 Å². The van der Waals surface area contributed by atoms with Gasteiger partial charge in [0.1, 0.15) is 0 Å². The molecule has 0 saturated carbocycles. The van der Waals surface area contributed by atoms with E-state index in [0.717, 1.165) is 38.4 Å². The van der Waals surface area contributed by atoms with Gasteiger partial charge >= 0.3 is 0 Å². The van der Waals surface area contributed by atoms with Crippen molar-refractivity contribution in [2.24, 2.45) is 15.8 Å². The van der Waals surface area contributed by atoms with Crippen LogP contribution in [0.2, 0.25) is 0 Å². The van der Waals surface area contributed by atoms with E-state index in [1.165, 1.54) is 0 Å². The van der Waals surface area contributed by atoms with Gasteiger partial charge in [0.2, 0.25) is 11.8 Å². The minimum absolute atomic E-state index is 0. The van der Waals surface area contributed by atoms with Crippen molar-refractivity contribution in [2.75, 3.05) is 39.8 Å². The number of carbonyl (C=O) groups excluding carboxylic acids is 2. The molecule has 0 radical (unpaired) electrons. The molecule has 0 bridgehead atoms. The fourth-order valence-electron chi connectivity index (χ4n) is 3.38. The van der Waals surface area contributed by atoms with Crippen molar-refractivity contribution >= 4 is 41.8 Å². The lowest BCUT2D eigenvalue weighted by Gasteiger charge is -2.40. The van der Waals surface area contributed by atoms with E-state index in [-0.39, 0.29) is 46.6 Å². The molecule has 1 unspecified atom stereocenters. The zero-order valence-electron chi connectivity index (χ0n) is 15.8. The summed E-state index contributed by atoms with van der Waals surface area (Å²) in [5.41, 5.74) is -0.323. The highest BCUT2D eigenvalue weighted by Gasteiger charge is 2.42. The first-order valence-electron chi connectivity index (χ1n) is 8.76. The van der Waals surface area contributed by atoms with Crippen molar-refractivity contribution < 1.29 is 9.59 Å². The molecule has 2 aliphatic rings. The smallest absolute Gasteiger partial charge is 0.225 e. The Hall–Kier alpha value is -1.06. The first kappa shape index (κ1) is 22.0. The van der Waals surface area contributed by atoms with Crippen molar-refractivity contribution in [1.82, 2.24) is 20.9 Å². The van der Waals surface area contributed by atoms with E-state index in [1.807, 2.05) is 20.8 Å². The highest BCUT2D eigenvalue weighted by Crippen LogP contribution is 2.35. The van der Waals surface area contributed by atoms with Crippen molar-refractivity contribution in [1.29, 1.82) is 0 Å². The van der Waals surface area contributed by atoms with Crippen LogP contribution in [0.3, 0.4) is 0 Å². The van der Waals surface area contributed by atoms with Crippen LogP contribution in [0.1, 0.15) is 40.0 Å². The van der Waals surface area contributed by atoms with Gasteiger partial charge in [-0.1, -0.05) is 20.8 Å². The summed E-state index contributed by atoms with van der Waals surface area (Å²) in [7, 11) is 1.77. The number of likely N-dealkylation sites (tertiary alicyclic amines) is 1. The van der Waals surface area contributed by atoms with Crippen LogP contribution < -0.4 is 16.0 Å². The lowest BCUT2D eigenvalue weighted by molar-refractivity contribution is -0.128. The second-order valence-corrected chi connectivity index (χ2v) is 7.96. The minimum Gasteiger partial charge on any atom is -0.355 e. The number of rotatable bonds is 3. The van der Waals surface area contributed by atoms with Crippen LogP contribution in [0.5, 0.6) is 0 Å². The van der Waals surface area contributed by atoms with Gasteiger partial charge in [-0.25, -0.2) is 0 Å². The van der Waals surface area contributed by atoms with Crippen molar-refractivity contribution in [3.05, 3.63) is 0 Å². The average Bonchev–Trinajstić information content (AvgIpc) is 2.86. The minimum atomic E-state index is -0.372. The number of piperidine rings is 1. The van der Waals surface area contributed by atoms with Gasteiger partial charge < -0.3 is 20.9 Å². The second kappa shape index (κ2) is 9.05. The zero-order valence-corrected chi connectivity index (χ0v) is 18.1. The molecule has 7 nitrogen and oxygen atoms in total. The summed E-state index contributed by atoms with van der Waals surface area (Å²) < 4.78 is 0. The lowest BCUT2D eigenvalue weighted by Crippen LogP contribution is -2.52. The Morgan fingerprint density at radius 1 is 1.32 bits per heavy atom. The van der Waals surface area contributed by atoms with E-state index < -0.39 is 0 Å². The fraction of sp³-hybridized carbons (Fsp3) is 0.824. The van der Waals surface area contributed by atoms with E-state index >= 15 is 0 Å². The van der Waals surface area contributed by atoms with Gasteiger partial charge in [0.25, 0.3) is 0 Å². The van der Waals surface area contributed by atoms with E-state index in [4.69, 9.17) is 0 Å². The molecule has 3 N–H and O–H groups in total. The fourth-order valence-corrected chi connectivity index (χ4v) is 3.38. The molecule has 0 aliphatic carbocycles. The normalized spacial score (nSPS) is 23.9. The topological polar surface area (TPSA) is 85.8 Å². The number of nitrogens with zero attached hydrogens (tertiary/aromatic N) is 2. The molecule has 2 saturated heterocycles. The van der Waals surface area contributed by atoms with Crippen LogP contribution in [0.15, 0.2) is 4.99 Å². The highest BCUT2D eigenvalue weighted by atomic mass is 127. The summed E-state index contributed by atoms with van der Waals surface area (Å²) in [5.74, 6) is 1.05. The maximum Gasteiger partial charge on any atom is 0.225 e. The molecular weight excluding hydrogens is 433 g/mol. The standard InChI is InChI=1S/C17H31N5O2.HI/c1-16(2,3)14(24)19-7-8-20-15(18-4)22-9-5-6-17(12-22)10-13(23)21-11-17;/h5-12H2,1-4H3,(H,18,20)(H,19,24)(H,21,23);1H. The highest BCUT2D eigenvalue weighted by molar-refractivity contribution is 14.0. The summed E-state index contributed by atoms with van der Waals surface area (Å²) in [6.07, 6.45) is 2.76. The van der Waals surface area contributed by atoms with Crippen LogP contribution in [0.4, 0.5) is 0 Å². The molecule has 0 aromatic carbocycles. The number of hydrogen-bond donors (Lipinski definition) is 3. The Morgan fingerprint density at radius 3 is 2.56 bits per heavy atom. The number of halogens is 1. The predicted octanol–water partition coefficient (Wildman–Crippen LogP) is 0.944. The van der Waals surface area contributed by atoms with Gasteiger partial charge in [0.15, 0.2) is 5.96 Å². The lowest BCUT2D eigenvalue weighted by atomic mass is 9.79. The van der Waals surface area contributed by atoms with Gasteiger partial charge in [-0.15, -0.1) is 24.0 Å². The van der Waals surface area contributed by atoms with Crippen LogP contribution in [-0.2, 0) is 9.59 Å². The van der Waals surface area contributed by atoms with Crippen LogP contribution in [-0.4, -0.2) is 62.4 Å². The second-order valence-electron chi connectivity index (χ2n) is 7.96. The number of hydrogen-bond acceptors (Lipinski definition) is 3. The van der Waals surface area contributed by atoms with E-state index in [9.17, 15) is 9.59 Å². The first-order valence-corrected chi connectivity index (χ1v) is 8.76. The van der Waals surface area contributed by atoms with Gasteiger partial charge in [-0.3, -0.25) is 14.6 Å². The van der Waals surface area contributed by atoms with Gasteiger partial charge in [-0.05, 0) is 12.8 Å². The zero-order chi connectivity index (χ0) is 17.8. The van der Waals surface area contributed by atoms with Crippen molar-refractivity contribution in [2.45, 2.75) is 40.0 Å². The first-order chi connectivity index (χ1) is 11.3. The average molecular weight is 465 g/mol. The maximum absolute atomic E-state index is 11.9. The van der Waals surface area contributed by atoms with Gasteiger partial charge in [-0.2, -0.15) is 0 Å². The molecule has 0 aromatic heterocycles. The molecule has 2 fully saturated rings. The molecular formula is C17H32IN5O2. The summed E-state index contributed by atoms with van der Waals surface area (Å²) in [6, 6.07) is 0. The molecule has 2 aliphatic heterocycles. The number of guanidine groups is 1. The van der Waals surface area contributed by atoms with Crippen molar-refractivity contribution in [3.8, 4) is 0 Å². The third-order valence-corrected chi connectivity index (χ3v) is 4.74. The van der Waals surface area contributed by atoms with Gasteiger partial charge in [0, 0.05) is 57.0 Å². The van der Waals surface area contributed by atoms with E-state index in [1.54, 1.807) is 7.05 Å². The largest absolute Gasteiger partial charge is 0.355 e. The number of carbonyl (C=O) groups is 2. The third-order valence-electron chi connectivity index (χ3n) is 4.74. The predicted molar refractivity (Wildman–Crippen MR) is 110 cm³/mol. The molecule has 2 rings (SSSR count). The van der Waals surface area contributed by atoms with Crippen molar-refractivity contribution in [3.63, 3.8) is 0 Å². The molecule has 1 atom stereocenters. The van der Waals surface area contributed by atoms with E-state index in [2.05, 4.69) is 25.8 Å². The monoisotopic (exact) mass is 465 g/mol. The Bertz CT molecular complexity index is 518. The molecule has 144 valence electrons. The number of amides is 2. The van der Waals surface area contributed by atoms with Crippen LogP contribution in [0, 0.1) is 10.8 Å². The molecule has 0 aromatic rings. The Balaban J connectivity index is 0.00000312. The maximum atomic E-state index is 11.9. The van der Waals surface area contributed by atoms with Gasteiger partial charge in [0.05, 0.1) is 0 Å². The molecule has 2 amide bonds. The SMILES string of the molecule is CN=C(NCCNC(=O)C(C)(C)C)N1CCCC2(CNC(=O)C2)C1.I. The summed E-state index contributed by atoms with van der Waals surface area (Å²) >= 11 is 0. The summed E-state index contributed by atoms with van der Waals surface area (Å²) in [6.45, 7) is 9.46. The Labute approximate surface area is 167 Å². The summed E-state index contributed by atoms with van der Waals surface area (Å²) in [4.78, 5) is 30.1. The summed E-state index contributed by atoms with van der Waals surface area (Å²) in [5, 5.41) is 9.21. The van der Waals surface area contributed by atoms with E-state index in [0.29, 0.717) is 19.5 Å². The molecule has 2 heterocycles. The third kappa shape index (κ3) is 6.00. The number of aliphatic imine (C=N–C) groups is 1. The molecule has 25 heavy (non-hydrogen) atoms. The van der Waals surface area contributed by atoms with Crippen LogP contribution in [0.25, 0.3) is 0 Å². The Kier molecular flexibility index (Phi) is 7.95. The molecule has 1 spiro atoms. The number of nitrogens with one attached hydrogen (secondary N) is 3. The Morgan fingerprint density at radius 2 is 2.00 bits per heavy atom. The molecule has 8 heteroatoms. The quantitative estimate of drug-likeness (QED) is 0.251.